The Balaban J connectivity index is 1.83. The molecule has 6 heteroatoms. The minimum absolute atomic E-state index is 0.0474. The van der Waals surface area contributed by atoms with Crippen LogP contribution in [0, 0.1) is 13.8 Å². The summed E-state index contributed by atoms with van der Waals surface area (Å²) in [5, 5.41) is 17.4. The predicted molar refractivity (Wildman–Crippen MR) is 88.0 cm³/mol. The Kier molecular flexibility index (Phi) is 5.39. The van der Waals surface area contributed by atoms with Gasteiger partial charge in [0.2, 0.25) is 0 Å². The fourth-order valence-electron chi connectivity index (χ4n) is 2.18. The van der Waals surface area contributed by atoms with Crippen LogP contribution in [0.4, 0.5) is 4.79 Å². The molecule has 2 unspecified atom stereocenters. The Labute approximate surface area is 132 Å². The molecule has 0 aromatic carbocycles. The lowest BCUT2D eigenvalue weighted by atomic mass is 10.1. The summed E-state index contributed by atoms with van der Waals surface area (Å²) >= 11 is 3.21. The van der Waals surface area contributed by atoms with E-state index in [4.69, 9.17) is 0 Å². The van der Waals surface area contributed by atoms with E-state index in [-0.39, 0.29) is 18.6 Å². The highest BCUT2D eigenvalue weighted by atomic mass is 32.1. The number of carbonyl (C=O) groups is 1. The molecule has 2 atom stereocenters. The molecular weight excluding hydrogens is 304 g/mol. The van der Waals surface area contributed by atoms with Crippen molar-refractivity contribution in [2.45, 2.75) is 32.9 Å². The number of amides is 2. The molecule has 2 amide bonds. The first kappa shape index (κ1) is 16.0. The highest BCUT2D eigenvalue weighted by Crippen LogP contribution is 2.26. The van der Waals surface area contributed by atoms with Crippen molar-refractivity contribution in [3.63, 3.8) is 0 Å². The van der Waals surface area contributed by atoms with E-state index in [0.717, 1.165) is 10.4 Å². The number of aliphatic hydroxyl groups excluding tert-OH is 1. The standard InChI is InChI=1S/C15H20N2O2S2/c1-9-7-12(11(3)21-9)10(2)17-15(19)16-8-13(18)14-5-4-6-20-14/h4-7,10,13,18H,8H2,1-3H3,(H2,16,17,19). The second-order valence-corrected chi connectivity index (χ2v) is 7.42. The van der Waals surface area contributed by atoms with Gasteiger partial charge in [-0.05, 0) is 43.8 Å². The van der Waals surface area contributed by atoms with Crippen LogP contribution in [-0.2, 0) is 0 Å². The molecule has 21 heavy (non-hydrogen) atoms. The molecule has 0 saturated carbocycles. The van der Waals surface area contributed by atoms with E-state index in [0.29, 0.717) is 0 Å². The maximum atomic E-state index is 11.9. The first-order valence-corrected chi connectivity index (χ1v) is 8.49. The largest absolute Gasteiger partial charge is 0.386 e. The van der Waals surface area contributed by atoms with Crippen LogP contribution in [0.25, 0.3) is 0 Å². The molecule has 2 rings (SSSR count). The van der Waals surface area contributed by atoms with Crippen molar-refractivity contribution < 1.29 is 9.90 Å². The SMILES string of the molecule is Cc1cc(C(C)NC(=O)NCC(O)c2cccs2)c(C)s1. The van der Waals surface area contributed by atoms with E-state index in [1.54, 1.807) is 11.3 Å². The van der Waals surface area contributed by atoms with Gasteiger partial charge in [0.05, 0.1) is 12.6 Å². The average Bonchev–Trinajstić information content (AvgIpc) is 3.05. The monoisotopic (exact) mass is 324 g/mol. The van der Waals surface area contributed by atoms with Gasteiger partial charge >= 0.3 is 6.03 Å². The molecule has 114 valence electrons. The Morgan fingerprint density at radius 3 is 2.76 bits per heavy atom. The first-order valence-electron chi connectivity index (χ1n) is 6.80. The zero-order valence-corrected chi connectivity index (χ0v) is 14.0. The third-order valence-corrected chi connectivity index (χ3v) is 5.18. The molecule has 0 aliphatic carbocycles. The lowest BCUT2D eigenvalue weighted by molar-refractivity contribution is 0.176. The van der Waals surface area contributed by atoms with E-state index < -0.39 is 6.10 Å². The highest BCUT2D eigenvalue weighted by molar-refractivity contribution is 7.12. The van der Waals surface area contributed by atoms with E-state index >= 15 is 0 Å². The Hall–Kier alpha value is -1.37. The van der Waals surface area contributed by atoms with Crippen LogP contribution < -0.4 is 10.6 Å². The summed E-state index contributed by atoms with van der Waals surface area (Å²) in [5.41, 5.74) is 1.14. The molecule has 0 saturated heterocycles. The summed E-state index contributed by atoms with van der Waals surface area (Å²) in [6, 6.07) is 5.53. The van der Waals surface area contributed by atoms with E-state index in [1.807, 2.05) is 24.4 Å². The van der Waals surface area contributed by atoms with Crippen molar-refractivity contribution in [1.29, 1.82) is 0 Å². The van der Waals surface area contributed by atoms with E-state index in [1.165, 1.54) is 21.1 Å². The number of urea groups is 1. The molecule has 2 aromatic heterocycles. The second kappa shape index (κ2) is 7.06. The summed E-state index contributed by atoms with van der Waals surface area (Å²) < 4.78 is 0. The van der Waals surface area contributed by atoms with Crippen molar-refractivity contribution in [3.8, 4) is 0 Å². The van der Waals surface area contributed by atoms with Gasteiger partial charge in [0, 0.05) is 14.6 Å². The van der Waals surface area contributed by atoms with Crippen molar-refractivity contribution in [3.05, 3.63) is 43.8 Å². The van der Waals surface area contributed by atoms with Crippen LogP contribution in [0.2, 0.25) is 0 Å². The second-order valence-electron chi connectivity index (χ2n) is 4.98. The molecule has 2 aromatic rings. The molecule has 0 aliphatic heterocycles. The lowest BCUT2D eigenvalue weighted by Gasteiger charge is -2.16. The number of thiophene rings is 2. The van der Waals surface area contributed by atoms with Crippen molar-refractivity contribution >= 4 is 28.7 Å². The molecule has 4 nitrogen and oxygen atoms in total. The van der Waals surface area contributed by atoms with E-state index in [9.17, 15) is 9.90 Å². The summed E-state index contributed by atoms with van der Waals surface area (Å²) in [4.78, 5) is 15.2. The summed E-state index contributed by atoms with van der Waals surface area (Å²) in [6.07, 6.45) is -0.656. The van der Waals surface area contributed by atoms with Gasteiger partial charge in [-0.1, -0.05) is 6.07 Å². The van der Waals surface area contributed by atoms with Crippen LogP contribution in [0.15, 0.2) is 23.6 Å². The maximum absolute atomic E-state index is 11.9. The van der Waals surface area contributed by atoms with Gasteiger partial charge in [0.1, 0.15) is 6.10 Å². The van der Waals surface area contributed by atoms with Gasteiger partial charge in [0.15, 0.2) is 0 Å². The summed E-state index contributed by atoms with van der Waals surface area (Å²) in [7, 11) is 0. The van der Waals surface area contributed by atoms with Gasteiger partial charge in [-0.2, -0.15) is 0 Å². The van der Waals surface area contributed by atoms with E-state index in [2.05, 4.69) is 30.5 Å². The molecule has 2 heterocycles. The number of nitrogens with one attached hydrogen (secondary N) is 2. The van der Waals surface area contributed by atoms with Gasteiger partial charge in [-0.15, -0.1) is 22.7 Å². The fourth-order valence-corrected chi connectivity index (χ4v) is 3.91. The minimum Gasteiger partial charge on any atom is -0.386 e. The summed E-state index contributed by atoms with van der Waals surface area (Å²) in [5.74, 6) is 0. The Bertz CT molecular complexity index is 593. The van der Waals surface area contributed by atoms with Crippen molar-refractivity contribution in [2.75, 3.05) is 6.54 Å². The van der Waals surface area contributed by atoms with Gasteiger partial charge < -0.3 is 15.7 Å². The lowest BCUT2D eigenvalue weighted by Crippen LogP contribution is -2.39. The quantitative estimate of drug-likeness (QED) is 0.788. The number of hydrogen-bond donors (Lipinski definition) is 3. The Morgan fingerprint density at radius 1 is 1.43 bits per heavy atom. The fraction of sp³-hybridized carbons (Fsp3) is 0.400. The van der Waals surface area contributed by atoms with Crippen LogP contribution in [0.3, 0.4) is 0 Å². The number of hydrogen-bond acceptors (Lipinski definition) is 4. The van der Waals surface area contributed by atoms with Crippen LogP contribution >= 0.6 is 22.7 Å². The first-order chi connectivity index (χ1) is 9.97. The number of rotatable bonds is 5. The van der Waals surface area contributed by atoms with Gasteiger partial charge in [-0.25, -0.2) is 4.79 Å². The zero-order chi connectivity index (χ0) is 15.4. The molecule has 3 N–H and O–H groups in total. The average molecular weight is 324 g/mol. The van der Waals surface area contributed by atoms with Crippen LogP contribution in [-0.4, -0.2) is 17.7 Å². The predicted octanol–water partition coefficient (Wildman–Crippen LogP) is 3.52. The smallest absolute Gasteiger partial charge is 0.315 e. The normalized spacial score (nSPS) is 13.7. The number of aliphatic hydroxyl groups is 1. The third-order valence-electron chi connectivity index (χ3n) is 3.22. The van der Waals surface area contributed by atoms with Crippen LogP contribution in [0.1, 0.15) is 39.3 Å². The zero-order valence-electron chi connectivity index (χ0n) is 12.3. The number of aryl methyl sites for hydroxylation is 2. The minimum atomic E-state index is -0.656. The van der Waals surface area contributed by atoms with Crippen LogP contribution in [0.5, 0.6) is 0 Å². The molecule has 0 fully saturated rings. The third kappa shape index (κ3) is 4.30. The van der Waals surface area contributed by atoms with Crippen molar-refractivity contribution in [1.82, 2.24) is 10.6 Å². The topological polar surface area (TPSA) is 61.4 Å². The molecular formula is C15H20N2O2S2. The molecule has 0 spiro atoms. The Morgan fingerprint density at radius 2 is 2.19 bits per heavy atom. The highest BCUT2D eigenvalue weighted by Gasteiger charge is 2.15. The molecule has 0 aliphatic rings. The molecule has 0 radical (unpaired) electrons. The van der Waals surface area contributed by atoms with Crippen molar-refractivity contribution in [2.24, 2.45) is 0 Å². The number of carbonyl (C=O) groups excluding carboxylic acids is 1. The molecule has 0 bridgehead atoms. The summed E-state index contributed by atoms with van der Waals surface area (Å²) in [6.45, 7) is 6.29. The van der Waals surface area contributed by atoms with Gasteiger partial charge in [-0.3, -0.25) is 0 Å². The maximum Gasteiger partial charge on any atom is 0.315 e. The van der Waals surface area contributed by atoms with Gasteiger partial charge in [0.25, 0.3) is 0 Å².